The SMILES string of the molecule is c1ccc(-c2nc(-c3cc4c(cc3-c3ccc5ccccc5c3)C(c3ccccc3)(c3ccccc3)c3ccccc3-4)nc3c2sc2ccccc23)cc1. The fraction of sp³-hybridized carbons (Fsp3) is 0.0196. The molecule has 0 saturated heterocycles. The average molecular weight is 705 g/mol. The molecule has 0 amide bonds. The van der Waals surface area contributed by atoms with Gasteiger partial charge in [0.25, 0.3) is 0 Å². The Kier molecular flexibility index (Phi) is 6.98. The first-order valence-electron chi connectivity index (χ1n) is 18.4. The fourth-order valence-electron chi connectivity index (χ4n) is 8.77. The maximum absolute atomic E-state index is 5.52. The van der Waals surface area contributed by atoms with Crippen molar-refractivity contribution in [1.29, 1.82) is 0 Å². The van der Waals surface area contributed by atoms with Gasteiger partial charge in [-0.3, -0.25) is 0 Å². The first-order valence-corrected chi connectivity index (χ1v) is 19.2. The second-order valence-electron chi connectivity index (χ2n) is 14.1. The van der Waals surface area contributed by atoms with Crippen LogP contribution in [0.25, 0.3) is 76.0 Å². The molecule has 3 heteroatoms. The van der Waals surface area contributed by atoms with E-state index in [9.17, 15) is 0 Å². The Balaban J connectivity index is 1.29. The van der Waals surface area contributed by atoms with E-state index < -0.39 is 5.41 Å². The molecular formula is C51H32N2S. The third kappa shape index (κ3) is 4.59. The largest absolute Gasteiger partial charge is 0.226 e. The molecule has 0 atom stereocenters. The number of thiophene rings is 1. The Morgan fingerprint density at radius 3 is 1.83 bits per heavy atom. The molecule has 0 fully saturated rings. The van der Waals surface area contributed by atoms with Gasteiger partial charge in [-0.2, -0.15) is 0 Å². The summed E-state index contributed by atoms with van der Waals surface area (Å²) in [5, 5.41) is 3.57. The normalized spacial score (nSPS) is 13.0. The van der Waals surface area contributed by atoms with Crippen LogP contribution in [0, 0.1) is 0 Å². The van der Waals surface area contributed by atoms with Crippen molar-refractivity contribution in [3.63, 3.8) is 0 Å². The van der Waals surface area contributed by atoms with Gasteiger partial charge < -0.3 is 0 Å². The van der Waals surface area contributed by atoms with Gasteiger partial charge in [-0.15, -0.1) is 11.3 Å². The fourth-order valence-corrected chi connectivity index (χ4v) is 9.93. The molecule has 0 aliphatic heterocycles. The third-order valence-corrected chi connectivity index (χ3v) is 12.3. The first kappa shape index (κ1) is 30.9. The monoisotopic (exact) mass is 704 g/mol. The summed E-state index contributed by atoms with van der Waals surface area (Å²) in [6, 6.07) is 70.4. The Labute approximate surface area is 317 Å². The molecule has 0 radical (unpaired) electrons. The number of benzene rings is 8. The zero-order valence-electron chi connectivity index (χ0n) is 29.3. The number of nitrogens with zero attached hydrogens (tertiary/aromatic N) is 2. The molecule has 0 spiro atoms. The van der Waals surface area contributed by atoms with Crippen LogP contribution in [0.4, 0.5) is 0 Å². The number of fused-ring (bicyclic) bond motifs is 7. The van der Waals surface area contributed by atoms with Gasteiger partial charge in [-0.05, 0) is 79.5 Å². The molecular weight excluding hydrogens is 673 g/mol. The number of aromatic nitrogens is 2. The van der Waals surface area contributed by atoms with Crippen LogP contribution >= 0.6 is 11.3 Å². The standard InChI is InChI=1S/C51H32N2S/c1-4-17-34(18-5-1)47-49-48(40-25-13-15-27-46(40)54-49)53-50(52-47)43-31-42-39-24-12-14-26-44(39)51(37-20-6-2-7-21-37,38-22-8-3-9-23-38)45(42)32-41(43)36-29-28-33-16-10-11-19-35(33)30-36/h1-32H. The molecule has 0 N–H and O–H groups in total. The van der Waals surface area contributed by atoms with Crippen LogP contribution in [0.15, 0.2) is 194 Å². The Bertz CT molecular complexity index is 3000. The maximum atomic E-state index is 5.52. The van der Waals surface area contributed by atoms with Crippen molar-refractivity contribution < 1.29 is 0 Å². The number of hydrogen-bond acceptors (Lipinski definition) is 3. The zero-order chi connectivity index (χ0) is 35.6. The van der Waals surface area contributed by atoms with Crippen LogP contribution in [0.2, 0.25) is 0 Å². The van der Waals surface area contributed by atoms with Crippen molar-refractivity contribution in [2.75, 3.05) is 0 Å². The van der Waals surface area contributed by atoms with Crippen molar-refractivity contribution in [2.45, 2.75) is 5.41 Å². The van der Waals surface area contributed by atoms with Crippen LogP contribution in [0.1, 0.15) is 22.3 Å². The molecule has 54 heavy (non-hydrogen) atoms. The van der Waals surface area contributed by atoms with E-state index in [0.717, 1.165) is 49.4 Å². The van der Waals surface area contributed by atoms with Gasteiger partial charge >= 0.3 is 0 Å². The van der Waals surface area contributed by atoms with E-state index in [1.54, 1.807) is 11.3 Å². The molecule has 1 aliphatic rings. The molecule has 8 aromatic carbocycles. The Morgan fingerprint density at radius 1 is 0.407 bits per heavy atom. The summed E-state index contributed by atoms with van der Waals surface area (Å²) < 4.78 is 2.32. The molecule has 2 aromatic heterocycles. The lowest BCUT2D eigenvalue weighted by molar-refractivity contribution is 0.769. The summed E-state index contributed by atoms with van der Waals surface area (Å²) in [7, 11) is 0. The first-order chi connectivity index (χ1) is 26.8. The van der Waals surface area contributed by atoms with Crippen molar-refractivity contribution in [3.05, 3.63) is 216 Å². The molecule has 10 aromatic rings. The van der Waals surface area contributed by atoms with Crippen LogP contribution in [0.3, 0.4) is 0 Å². The minimum atomic E-state index is -0.526. The summed E-state index contributed by atoms with van der Waals surface area (Å²) >= 11 is 1.77. The van der Waals surface area contributed by atoms with Crippen molar-refractivity contribution in [2.24, 2.45) is 0 Å². The van der Waals surface area contributed by atoms with Gasteiger partial charge in [-0.1, -0.05) is 170 Å². The van der Waals surface area contributed by atoms with Crippen LogP contribution in [-0.4, -0.2) is 9.97 Å². The van der Waals surface area contributed by atoms with Gasteiger partial charge in [0, 0.05) is 21.2 Å². The Hall–Kier alpha value is -6.68. The lowest BCUT2D eigenvalue weighted by atomic mass is 9.67. The topological polar surface area (TPSA) is 25.8 Å². The van der Waals surface area contributed by atoms with Crippen LogP contribution in [0.5, 0.6) is 0 Å². The summed E-state index contributed by atoms with van der Waals surface area (Å²) in [5.41, 5.74) is 13.3. The van der Waals surface area contributed by atoms with Gasteiger partial charge in [0.15, 0.2) is 5.82 Å². The quantitative estimate of drug-likeness (QED) is 0.178. The molecule has 252 valence electrons. The molecule has 11 rings (SSSR count). The van der Waals surface area contributed by atoms with E-state index in [1.165, 1.54) is 48.9 Å². The second-order valence-corrected chi connectivity index (χ2v) is 15.1. The molecule has 0 unspecified atom stereocenters. The zero-order valence-corrected chi connectivity index (χ0v) is 30.1. The molecule has 2 heterocycles. The molecule has 0 saturated carbocycles. The van der Waals surface area contributed by atoms with E-state index in [4.69, 9.17) is 9.97 Å². The van der Waals surface area contributed by atoms with Gasteiger partial charge in [-0.25, -0.2) is 9.97 Å². The number of hydrogen-bond donors (Lipinski definition) is 0. The summed E-state index contributed by atoms with van der Waals surface area (Å²) in [6.07, 6.45) is 0. The van der Waals surface area contributed by atoms with Crippen molar-refractivity contribution in [3.8, 4) is 44.9 Å². The highest BCUT2D eigenvalue weighted by molar-refractivity contribution is 7.26. The summed E-state index contributed by atoms with van der Waals surface area (Å²) in [4.78, 5) is 11.0. The summed E-state index contributed by atoms with van der Waals surface area (Å²) in [5.74, 6) is 0.727. The molecule has 1 aliphatic carbocycles. The highest BCUT2D eigenvalue weighted by atomic mass is 32.1. The minimum absolute atomic E-state index is 0.526. The predicted molar refractivity (Wildman–Crippen MR) is 226 cm³/mol. The van der Waals surface area contributed by atoms with E-state index in [0.29, 0.717) is 0 Å². The van der Waals surface area contributed by atoms with Crippen molar-refractivity contribution >= 4 is 42.4 Å². The van der Waals surface area contributed by atoms with Crippen LogP contribution < -0.4 is 0 Å². The Morgan fingerprint density at radius 2 is 1.06 bits per heavy atom. The minimum Gasteiger partial charge on any atom is -0.226 e. The average Bonchev–Trinajstić information content (AvgIpc) is 3.77. The van der Waals surface area contributed by atoms with Crippen molar-refractivity contribution in [1.82, 2.24) is 9.97 Å². The highest BCUT2D eigenvalue weighted by Crippen LogP contribution is 2.58. The molecule has 0 bridgehead atoms. The van der Waals surface area contributed by atoms with E-state index in [2.05, 4.69) is 194 Å². The predicted octanol–water partition coefficient (Wildman–Crippen LogP) is 13.4. The van der Waals surface area contributed by atoms with E-state index in [-0.39, 0.29) is 0 Å². The third-order valence-electron chi connectivity index (χ3n) is 11.2. The van der Waals surface area contributed by atoms with E-state index >= 15 is 0 Å². The molecule has 2 nitrogen and oxygen atoms in total. The second kappa shape index (κ2) is 12.2. The highest BCUT2D eigenvalue weighted by Gasteiger charge is 2.46. The maximum Gasteiger partial charge on any atom is 0.161 e. The lowest BCUT2D eigenvalue weighted by Gasteiger charge is -2.34. The van der Waals surface area contributed by atoms with Gasteiger partial charge in [0.05, 0.1) is 21.3 Å². The lowest BCUT2D eigenvalue weighted by Crippen LogP contribution is -2.28. The summed E-state index contributed by atoms with van der Waals surface area (Å²) in [6.45, 7) is 0. The van der Waals surface area contributed by atoms with Gasteiger partial charge in [0.1, 0.15) is 0 Å². The van der Waals surface area contributed by atoms with Crippen LogP contribution in [-0.2, 0) is 5.41 Å². The number of rotatable bonds is 5. The smallest absolute Gasteiger partial charge is 0.161 e. The van der Waals surface area contributed by atoms with Gasteiger partial charge in [0.2, 0.25) is 0 Å². The van der Waals surface area contributed by atoms with E-state index in [1.807, 2.05) is 0 Å².